The third kappa shape index (κ3) is 4.05. The predicted molar refractivity (Wildman–Crippen MR) is 59.1 cm³/mol. The summed E-state index contributed by atoms with van der Waals surface area (Å²) in [6, 6.07) is 0.466. The highest BCUT2D eigenvalue weighted by atomic mass is 16.5. The van der Waals surface area contributed by atoms with Crippen molar-refractivity contribution in [1.82, 2.24) is 4.90 Å². The first-order valence-corrected chi connectivity index (χ1v) is 5.45. The monoisotopic (exact) mass is 215 g/mol. The van der Waals surface area contributed by atoms with Crippen molar-refractivity contribution in [3.8, 4) is 0 Å². The minimum absolute atomic E-state index is 0.309. The highest BCUT2D eigenvalue weighted by Crippen LogP contribution is 2.11. The van der Waals surface area contributed by atoms with Gasteiger partial charge in [-0.3, -0.25) is 4.90 Å². The van der Waals surface area contributed by atoms with Crippen molar-refractivity contribution in [2.24, 2.45) is 10.9 Å². The summed E-state index contributed by atoms with van der Waals surface area (Å²) in [4.78, 5) is 2.39. The fraction of sp³-hybridized carbons (Fsp3) is 0.900. The predicted octanol–water partition coefficient (Wildman–Crippen LogP) is 0.622. The van der Waals surface area contributed by atoms with Crippen LogP contribution in [0, 0.1) is 0 Å². The second kappa shape index (κ2) is 5.92. The standard InChI is InChI=1S/C10H21N3O2/c1-8-7-15-9(2)6-13(8)5-3-4-10(11)12-14/h8-9,14H,3-7H2,1-2H3,(H2,11,12). The zero-order chi connectivity index (χ0) is 11.3. The average molecular weight is 215 g/mol. The lowest BCUT2D eigenvalue weighted by Crippen LogP contribution is -2.47. The summed E-state index contributed by atoms with van der Waals surface area (Å²) in [5, 5.41) is 11.4. The lowest BCUT2D eigenvalue weighted by atomic mass is 10.2. The Kier molecular flexibility index (Phi) is 4.84. The Hall–Kier alpha value is -0.810. The maximum absolute atomic E-state index is 8.40. The summed E-state index contributed by atoms with van der Waals surface area (Å²) in [5.74, 6) is 0.309. The van der Waals surface area contributed by atoms with E-state index in [1.54, 1.807) is 0 Å². The van der Waals surface area contributed by atoms with Crippen molar-refractivity contribution in [3.05, 3.63) is 0 Å². The van der Waals surface area contributed by atoms with Gasteiger partial charge in [-0.05, 0) is 26.8 Å². The van der Waals surface area contributed by atoms with Gasteiger partial charge >= 0.3 is 0 Å². The second-order valence-electron chi connectivity index (χ2n) is 4.18. The maximum Gasteiger partial charge on any atom is 0.139 e. The molecule has 0 bridgehead atoms. The van der Waals surface area contributed by atoms with E-state index in [0.29, 0.717) is 24.4 Å². The van der Waals surface area contributed by atoms with Crippen LogP contribution in [0.2, 0.25) is 0 Å². The van der Waals surface area contributed by atoms with Crippen LogP contribution in [0.3, 0.4) is 0 Å². The van der Waals surface area contributed by atoms with E-state index in [0.717, 1.165) is 26.1 Å². The van der Waals surface area contributed by atoms with E-state index >= 15 is 0 Å². The number of nitrogens with zero attached hydrogens (tertiary/aromatic N) is 2. The highest BCUT2D eigenvalue weighted by Gasteiger charge is 2.22. The molecule has 5 nitrogen and oxygen atoms in total. The smallest absolute Gasteiger partial charge is 0.139 e. The molecule has 0 spiro atoms. The molecule has 2 unspecified atom stereocenters. The molecule has 0 aliphatic carbocycles. The topological polar surface area (TPSA) is 71.1 Å². The Morgan fingerprint density at radius 3 is 3.00 bits per heavy atom. The SMILES string of the molecule is CC1CN(CCC/C(N)=N/O)C(C)CO1. The van der Waals surface area contributed by atoms with E-state index < -0.39 is 0 Å². The first kappa shape index (κ1) is 12.3. The number of oxime groups is 1. The van der Waals surface area contributed by atoms with E-state index in [1.165, 1.54) is 0 Å². The lowest BCUT2D eigenvalue weighted by Gasteiger charge is -2.36. The number of ether oxygens (including phenoxy) is 1. The summed E-state index contributed by atoms with van der Waals surface area (Å²) in [6.07, 6.45) is 1.88. The molecule has 1 saturated heterocycles. The van der Waals surface area contributed by atoms with Crippen LogP contribution in [0.15, 0.2) is 5.16 Å². The third-order valence-corrected chi connectivity index (χ3v) is 2.74. The number of nitrogens with two attached hydrogens (primary N) is 1. The van der Waals surface area contributed by atoms with Gasteiger partial charge in [-0.1, -0.05) is 5.16 Å². The van der Waals surface area contributed by atoms with E-state index in [9.17, 15) is 0 Å². The average Bonchev–Trinajstić information content (AvgIpc) is 2.23. The molecule has 0 radical (unpaired) electrons. The van der Waals surface area contributed by atoms with Gasteiger partial charge in [0.25, 0.3) is 0 Å². The summed E-state index contributed by atoms with van der Waals surface area (Å²) < 4.78 is 5.54. The van der Waals surface area contributed by atoms with Gasteiger partial charge in [-0.15, -0.1) is 0 Å². The minimum Gasteiger partial charge on any atom is -0.409 e. The van der Waals surface area contributed by atoms with Crippen LogP contribution < -0.4 is 5.73 Å². The molecule has 15 heavy (non-hydrogen) atoms. The van der Waals surface area contributed by atoms with Gasteiger partial charge in [0, 0.05) is 19.0 Å². The Labute approximate surface area is 90.9 Å². The van der Waals surface area contributed by atoms with E-state index in [-0.39, 0.29) is 0 Å². The molecule has 0 aromatic heterocycles. The van der Waals surface area contributed by atoms with Gasteiger partial charge in [0.1, 0.15) is 5.84 Å². The van der Waals surface area contributed by atoms with Gasteiger partial charge in [0.2, 0.25) is 0 Å². The summed E-state index contributed by atoms with van der Waals surface area (Å²) in [6.45, 7) is 6.99. The first-order chi connectivity index (χ1) is 7.13. The van der Waals surface area contributed by atoms with Crippen LogP contribution in [0.1, 0.15) is 26.7 Å². The first-order valence-electron chi connectivity index (χ1n) is 5.45. The van der Waals surface area contributed by atoms with Crippen molar-refractivity contribution in [1.29, 1.82) is 0 Å². The van der Waals surface area contributed by atoms with Crippen molar-refractivity contribution in [2.75, 3.05) is 19.7 Å². The van der Waals surface area contributed by atoms with Crippen molar-refractivity contribution in [2.45, 2.75) is 38.8 Å². The summed E-state index contributed by atoms with van der Waals surface area (Å²) >= 11 is 0. The normalized spacial score (nSPS) is 29.3. The molecule has 1 heterocycles. The maximum atomic E-state index is 8.40. The highest BCUT2D eigenvalue weighted by molar-refractivity contribution is 5.79. The van der Waals surface area contributed by atoms with Crippen LogP contribution in [-0.4, -0.2) is 47.8 Å². The molecule has 88 valence electrons. The van der Waals surface area contributed by atoms with E-state index in [2.05, 4.69) is 23.9 Å². The molecule has 2 atom stereocenters. The molecule has 1 aliphatic rings. The molecule has 0 aromatic rings. The van der Waals surface area contributed by atoms with Gasteiger partial charge in [0.15, 0.2) is 0 Å². The molecule has 1 fully saturated rings. The molecule has 0 saturated carbocycles. The quantitative estimate of drug-likeness (QED) is 0.312. The summed E-state index contributed by atoms with van der Waals surface area (Å²) in [5.41, 5.74) is 5.41. The largest absolute Gasteiger partial charge is 0.409 e. The zero-order valence-corrected chi connectivity index (χ0v) is 9.52. The molecule has 0 aromatic carbocycles. The molecule has 1 rings (SSSR count). The number of amidine groups is 1. The van der Waals surface area contributed by atoms with Crippen molar-refractivity contribution >= 4 is 5.84 Å². The molecule has 3 N–H and O–H groups in total. The van der Waals surface area contributed by atoms with Gasteiger partial charge < -0.3 is 15.7 Å². The fourth-order valence-corrected chi connectivity index (χ4v) is 1.80. The second-order valence-corrected chi connectivity index (χ2v) is 4.18. The summed E-state index contributed by atoms with van der Waals surface area (Å²) in [7, 11) is 0. The van der Waals surface area contributed by atoms with Crippen molar-refractivity contribution < 1.29 is 9.94 Å². The van der Waals surface area contributed by atoms with Gasteiger partial charge in [-0.25, -0.2) is 0 Å². The van der Waals surface area contributed by atoms with Crippen molar-refractivity contribution in [3.63, 3.8) is 0 Å². The number of rotatable bonds is 4. The zero-order valence-electron chi connectivity index (χ0n) is 9.52. The molecule has 0 amide bonds. The van der Waals surface area contributed by atoms with Crippen LogP contribution >= 0.6 is 0 Å². The molecule has 1 aliphatic heterocycles. The molecular formula is C10H21N3O2. The molecular weight excluding hydrogens is 194 g/mol. The third-order valence-electron chi connectivity index (χ3n) is 2.74. The number of morpholine rings is 1. The van der Waals surface area contributed by atoms with Gasteiger partial charge in [0.05, 0.1) is 12.7 Å². The molecule has 5 heteroatoms. The Bertz CT molecular complexity index is 221. The van der Waals surface area contributed by atoms with Crippen LogP contribution in [0.4, 0.5) is 0 Å². The van der Waals surface area contributed by atoms with Gasteiger partial charge in [-0.2, -0.15) is 0 Å². The Morgan fingerprint density at radius 2 is 2.33 bits per heavy atom. The van der Waals surface area contributed by atoms with Crippen LogP contribution in [0.5, 0.6) is 0 Å². The minimum atomic E-state index is 0.309. The Morgan fingerprint density at radius 1 is 1.60 bits per heavy atom. The lowest BCUT2D eigenvalue weighted by molar-refractivity contribution is -0.0493. The number of hydrogen-bond donors (Lipinski definition) is 2. The van der Waals surface area contributed by atoms with E-state index in [1.807, 2.05) is 0 Å². The number of hydrogen-bond acceptors (Lipinski definition) is 4. The van der Waals surface area contributed by atoms with Crippen LogP contribution in [-0.2, 0) is 4.74 Å². The Balaban J connectivity index is 2.24. The van der Waals surface area contributed by atoms with Crippen LogP contribution in [0.25, 0.3) is 0 Å². The van der Waals surface area contributed by atoms with E-state index in [4.69, 9.17) is 15.7 Å². The fourth-order valence-electron chi connectivity index (χ4n) is 1.80.